The monoisotopic (exact) mass is 512 g/mol. The summed E-state index contributed by atoms with van der Waals surface area (Å²) in [6.45, 7) is 5.30. The van der Waals surface area contributed by atoms with Crippen molar-refractivity contribution in [3.63, 3.8) is 0 Å². The van der Waals surface area contributed by atoms with Crippen LogP contribution in [0.5, 0.6) is 0 Å². The molecule has 0 bridgehead atoms. The Balaban J connectivity index is 1.47. The fraction of sp³-hybridized carbons (Fsp3) is 0.481. The summed E-state index contributed by atoms with van der Waals surface area (Å²) < 4.78 is 36.4. The number of anilines is 2. The lowest BCUT2D eigenvalue weighted by Gasteiger charge is -2.33. The number of hydrogen-bond donors (Lipinski definition) is 0. The first-order chi connectivity index (χ1) is 17.5. The van der Waals surface area contributed by atoms with Gasteiger partial charge in [0.05, 0.1) is 12.6 Å². The predicted octanol–water partition coefficient (Wildman–Crippen LogP) is 5.81. The van der Waals surface area contributed by atoms with Crippen molar-refractivity contribution < 1.29 is 18.3 Å². The van der Waals surface area contributed by atoms with Crippen LogP contribution in [0.4, 0.5) is 20.3 Å². The minimum absolute atomic E-state index is 0.0646. The van der Waals surface area contributed by atoms with Gasteiger partial charge >= 0.3 is 0 Å². The van der Waals surface area contributed by atoms with Crippen molar-refractivity contribution in [2.75, 3.05) is 31.2 Å². The molecular formula is C27H30F2N4O2S. The second-order valence-corrected chi connectivity index (χ2v) is 11.2. The highest BCUT2D eigenvalue weighted by Gasteiger charge is 2.33. The van der Waals surface area contributed by atoms with Crippen molar-refractivity contribution in [3.05, 3.63) is 51.5 Å². The second kappa shape index (κ2) is 9.59. The zero-order valence-electron chi connectivity index (χ0n) is 20.4. The number of carbonyl (C=O) groups excluding carboxylic acids is 1. The summed E-state index contributed by atoms with van der Waals surface area (Å²) >= 11 is 1.55. The lowest BCUT2D eigenvalue weighted by atomic mass is 9.94. The summed E-state index contributed by atoms with van der Waals surface area (Å²) in [4.78, 5) is 17.5. The minimum Gasteiger partial charge on any atom is -0.381 e. The lowest BCUT2D eigenvalue weighted by Crippen LogP contribution is -2.32. The Morgan fingerprint density at radius 2 is 2.00 bits per heavy atom. The van der Waals surface area contributed by atoms with E-state index in [1.165, 1.54) is 5.69 Å². The molecule has 0 saturated carbocycles. The molecule has 0 N–H and O–H groups in total. The molecule has 3 aliphatic rings. The molecule has 1 aromatic carbocycles. The molecular weight excluding hydrogens is 482 g/mol. The number of nitrogens with zero attached hydrogens (tertiary/aromatic N) is 4. The summed E-state index contributed by atoms with van der Waals surface area (Å²) in [5, 5.41) is 5.12. The smallest absolute Gasteiger partial charge is 0.264 e. The zero-order chi connectivity index (χ0) is 24.8. The fourth-order valence-electron chi connectivity index (χ4n) is 5.83. The standard InChI is InChI=1S/C27H30F2N4O2S/c1-17-4-5-25(36-17)20-13-18-3-2-9-32(24(18)14-21(20)26(28)29)27-22-15-31(16-34)10-6-23(22)33(30-27)19-7-11-35-12-8-19/h4-5,13-14,16,19,26H,2-3,6-12,15H2,1H3. The third-order valence-electron chi connectivity index (χ3n) is 7.65. The Morgan fingerprint density at radius 1 is 1.17 bits per heavy atom. The maximum atomic E-state index is 14.3. The molecule has 0 aliphatic carbocycles. The van der Waals surface area contributed by atoms with E-state index >= 15 is 0 Å². The summed E-state index contributed by atoms with van der Waals surface area (Å²) in [5.74, 6) is 0.809. The number of ether oxygens (including phenoxy) is 1. The van der Waals surface area contributed by atoms with Gasteiger partial charge in [-0.1, -0.05) is 0 Å². The molecule has 9 heteroatoms. The van der Waals surface area contributed by atoms with Crippen molar-refractivity contribution in [3.8, 4) is 10.4 Å². The number of thiophene rings is 1. The van der Waals surface area contributed by atoms with E-state index in [4.69, 9.17) is 9.84 Å². The normalized spacial score (nSPS) is 18.4. The molecule has 5 heterocycles. The zero-order valence-corrected chi connectivity index (χ0v) is 21.2. The van der Waals surface area contributed by atoms with E-state index in [0.29, 0.717) is 38.4 Å². The van der Waals surface area contributed by atoms with Crippen molar-refractivity contribution in [2.24, 2.45) is 0 Å². The van der Waals surface area contributed by atoms with Crippen LogP contribution in [0.25, 0.3) is 10.4 Å². The van der Waals surface area contributed by atoms with E-state index in [1.54, 1.807) is 22.3 Å². The molecule has 36 heavy (non-hydrogen) atoms. The number of carbonyl (C=O) groups is 1. The van der Waals surface area contributed by atoms with Crippen LogP contribution in [-0.2, 0) is 28.9 Å². The third-order valence-corrected chi connectivity index (χ3v) is 8.68. The number of amides is 1. The van der Waals surface area contributed by atoms with Crippen LogP contribution in [0.15, 0.2) is 24.3 Å². The van der Waals surface area contributed by atoms with Crippen LogP contribution in [0.3, 0.4) is 0 Å². The van der Waals surface area contributed by atoms with Crippen LogP contribution < -0.4 is 4.90 Å². The highest BCUT2D eigenvalue weighted by Crippen LogP contribution is 2.44. The van der Waals surface area contributed by atoms with E-state index in [1.807, 2.05) is 25.1 Å². The Morgan fingerprint density at radius 3 is 2.72 bits per heavy atom. The average molecular weight is 513 g/mol. The second-order valence-electron chi connectivity index (χ2n) is 9.90. The van der Waals surface area contributed by atoms with E-state index in [9.17, 15) is 13.6 Å². The van der Waals surface area contributed by atoms with Crippen LogP contribution in [-0.4, -0.2) is 47.4 Å². The summed E-state index contributed by atoms with van der Waals surface area (Å²) in [5.41, 5.74) is 4.80. The van der Waals surface area contributed by atoms with Gasteiger partial charge in [0.25, 0.3) is 6.43 Å². The van der Waals surface area contributed by atoms with Crippen LogP contribution in [0.1, 0.15) is 59.0 Å². The predicted molar refractivity (Wildman–Crippen MR) is 136 cm³/mol. The molecule has 0 spiro atoms. The van der Waals surface area contributed by atoms with Gasteiger partial charge < -0.3 is 14.5 Å². The van der Waals surface area contributed by atoms with Gasteiger partial charge in [0.2, 0.25) is 6.41 Å². The highest BCUT2D eigenvalue weighted by molar-refractivity contribution is 7.15. The SMILES string of the molecule is Cc1ccc(-c2cc3c(cc2C(F)F)N(c2nn(C4CCOCC4)c4c2CN(C=O)CC4)CCC3)s1. The topological polar surface area (TPSA) is 50.6 Å². The van der Waals surface area contributed by atoms with Crippen molar-refractivity contribution in [1.29, 1.82) is 0 Å². The highest BCUT2D eigenvalue weighted by atomic mass is 32.1. The van der Waals surface area contributed by atoms with E-state index in [0.717, 1.165) is 70.9 Å². The minimum atomic E-state index is -2.57. The fourth-order valence-corrected chi connectivity index (χ4v) is 6.74. The van der Waals surface area contributed by atoms with Crippen molar-refractivity contribution >= 4 is 29.3 Å². The summed E-state index contributed by atoms with van der Waals surface area (Å²) in [6.07, 6.45) is 2.64. The quantitative estimate of drug-likeness (QED) is 0.405. The number of aromatic nitrogens is 2. The lowest BCUT2D eigenvalue weighted by molar-refractivity contribution is -0.118. The molecule has 1 fully saturated rings. The van der Waals surface area contributed by atoms with Gasteiger partial charge in [-0.2, -0.15) is 5.10 Å². The largest absolute Gasteiger partial charge is 0.381 e. The molecule has 2 aromatic heterocycles. The van der Waals surface area contributed by atoms with Gasteiger partial charge in [0.1, 0.15) is 0 Å². The van der Waals surface area contributed by atoms with E-state index < -0.39 is 6.43 Å². The van der Waals surface area contributed by atoms with Crippen LogP contribution >= 0.6 is 11.3 Å². The number of fused-ring (bicyclic) bond motifs is 2. The third kappa shape index (κ3) is 4.12. The molecule has 0 atom stereocenters. The summed E-state index contributed by atoms with van der Waals surface area (Å²) in [7, 11) is 0. The number of alkyl halides is 2. The Kier molecular flexibility index (Phi) is 6.29. The van der Waals surface area contributed by atoms with Crippen LogP contribution in [0, 0.1) is 6.92 Å². The first-order valence-corrected chi connectivity index (χ1v) is 13.5. The number of benzene rings is 1. The molecule has 1 amide bonds. The number of hydrogen-bond acceptors (Lipinski definition) is 5. The first-order valence-electron chi connectivity index (χ1n) is 12.7. The van der Waals surface area contributed by atoms with Crippen LogP contribution in [0.2, 0.25) is 0 Å². The maximum Gasteiger partial charge on any atom is 0.264 e. The molecule has 0 unspecified atom stereocenters. The molecule has 3 aliphatic heterocycles. The Bertz CT molecular complexity index is 1280. The molecule has 190 valence electrons. The van der Waals surface area contributed by atoms with Gasteiger partial charge in [-0.25, -0.2) is 8.78 Å². The maximum absolute atomic E-state index is 14.3. The number of rotatable bonds is 5. The molecule has 0 radical (unpaired) electrons. The summed E-state index contributed by atoms with van der Waals surface area (Å²) in [6, 6.07) is 7.83. The molecule has 6 rings (SSSR count). The van der Waals surface area contributed by atoms with Gasteiger partial charge in [0, 0.05) is 70.6 Å². The number of halogens is 2. The van der Waals surface area contributed by atoms with Crippen molar-refractivity contribution in [1.82, 2.24) is 14.7 Å². The first kappa shape index (κ1) is 23.6. The van der Waals surface area contributed by atoms with Gasteiger partial charge in [-0.3, -0.25) is 9.48 Å². The average Bonchev–Trinajstić information content (AvgIpc) is 3.51. The van der Waals surface area contributed by atoms with Gasteiger partial charge in [0.15, 0.2) is 5.82 Å². The van der Waals surface area contributed by atoms with Crippen molar-refractivity contribution in [2.45, 2.75) is 58.0 Å². The molecule has 1 saturated heterocycles. The Hall–Kier alpha value is -2.78. The van der Waals surface area contributed by atoms with E-state index in [-0.39, 0.29) is 11.6 Å². The van der Waals surface area contributed by atoms with Gasteiger partial charge in [-0.15, -0.1) is 11.3 Å². The number of aryl methyl sites for hydroxylation is 2. The molecule has 3 aromatic rings. The molecule has 6 nitrogen and oxygen atoms in total. The van der Waals surface area contributed by atoms with E-state index in [2.05, 4.69) is 9.58 Å². The Labute approximate surface area is 213 Å². The van der Waals surface area contributed by atoms with Gasteiger partial charge in [-0.05, 0) is 62.4 Å².